The standard InChI is InChI=1S/C14H14N2O2S/c1-16(9-12-4-2-6-17-12)8-11-10-18-14(15-11)13-5-3-7-19-13/h2-7,10H,8-9H2,1H3. The maximum atomic E-state index is 5.49. The first-order valence-corrected chi connectivity index (χ1v) is 6.88. The topological polar surface area (TPSA) is 42.4 Å². The van der Waals surface area contributed by atoms with Gasteiger partial charge in [0.05, 0.1) is 23.4 Å². The molecule has 3 aromatic rings. The van der Waals surface area contributed by atoms with E-state index in [9.17, 15) is 0 Å². The maximum absolute atomic E-state index is 5.49. The highest BCUT2D eigenvalue weighted by Crippen LogP contribution is 2.24. The lowest BCUT2D eigenvalue weighted by molar-refractivity contribution is 0.284. The second-order valence-electron chi connectivity index (χ2n) is 4.37. The van der Waals surface area contributed by atoms with E-state index >= 15 is 0 Å². The Morgan fingerprint density at radius 2 is 2.16 bits per heavy atom. The van der Waals surface area contributed by atoms with Crippen LogP contribution in [0.5, 0.6) is 0 Å². The lowest BCUT2D eigenvalue weighted by atomic mass is 10.4. The first kappa shape index (κ1) is 12.2. The van der Waals surface area contributed by atoms with Crippen LogP contribution >= 0.6 is 11.3 Å². The summed E-state index contributed by atoms with van der Waals surface area (Å²) in [4.78, 5) is 7.68. The quantitative estimate of drug-likeness (QED) is 0.712. The van der Waals surface area contributed by atoms with Gasteiger partial charge in [0.15, 0.2) is 0 Å². The average molecular weight is 274 g/mol. The molecule has 98 valence electrons. The fourth-order valence-corrected chi connectivity index (χ4v) is 2.55. The molecule has 3 aromatic heterocycles. The molecular formula is C14H14N2O2S. The molecule has 0 aromatic carbocycles. The van der Waals surface area contributed by atoms with Crippen molar-refractivity contribution < 1.29 is 8.83 Å². The normalized spacial score (nSPS) is 11.3. The minimum atomic E-state index is 0.691. The van der Waals surface area contributed by atoms with Crippen LogP contribution in [0.1, 0.15) is 11.5 Å². The molecule has 4 nitrogen and oxygen atoms in total. The van der Waals surface area contributed by atoms with Crippen molar-refractivity contribution in [3.8, 4) is 10.8 Å². The van der Waals surface area contributed by atoms with Crippen molar-refractivity contribution in [1.82, 2.24) is 9.88 Å². The molecule has 0 bridgehead atoms. The summed E-state index contributed by atoms with van der Waals surface area (Å²) in [6, 6.07) is 7.87. The van der Waals surface area contributed by atoms with Gasteiger partial charge in [-0.25, -0.2) is 4.98 Å². The summed E-state index contributed by atoms with van der Waals surface area (Å²) in [5.74, 6) is 1.64. The highest BCUT2D eigenvalue weighted by Gasteiger charge is 2.10. The van der Waals surface area contributed by atoms with E-state index < -0.39 is 0 Å². The van der Waals surface area contributed by atoms with Crippen molar-refractivity contribution in [1.29, 1.82) is 0 Å². The van der Waals surface area contributed by atoms with E-state index in [1.54, 1.807) is 23.9 Å². The molecule has 0 atom stereocenters. The van der Waals surface area contributed by atoms with Gasteiger partial charge in [-0.05, 0) is 30.6 Å². The van der Waals surface area contributed by atoms with Crippen molar-refractivity contribution in [2.45, 2.75) is 13.1 Å². The molecular weight excluding hydrogens is 260 g/mol. The van der Waals surface area contributed by atoms with Crippen molar-refractivity contribution >= 4 is 11.3 Å². The second kappa shape index (κ2) is 5.42. The summed E-state index contributed by atoms with van der Waals surface area (Å²) >= 11 is 1.63. The Morgan fingerprint density at radius 1 is 1.21 bits per heavy atom. The number of nitrogens with zero attached hydrogens (tertiary/aromatic N) is 2. The highest BCUT2D eigenvalue weighted by atomic mass is 32.1. The van der Waals surface area contributed by atoms with Gasteiger partial charge in [0, 0.05) is 6.54 Å². The summed E-state index contributed by atoms with van der Waals surface area (Å²) in [6.07, 6.45) is 3.40. The fraction of sp³-hybridized carbons (Fsp3) is 0.214. The smallest absolute Gasteiger partial charge is 0.236 e. The largest absolute Gasteiger partial charge is 0.468 e. The Morgan fingerprint density at radius 3 is 2.89 bits per heavy atom. The van der Waals surface area contributed by atoms with E-state index in [0.29, 0.717) is 5.89 Å². The Bertz CT molecular complexity index is 614. The summed E-state index contributed by atoms with van der Waals surface area (Å²) < 4.78 is 10.8. The predicted molar refractivity (Wildman–Crippen MR) is 73.7 cm³/mol. The van der Waals surface area contributed by atoms with Crippen molar-refractivity contribution in [2.24, 2.45) is 0 Å². The van der Waals surface area contributed by atoms with Gasteiger partial charge in [-0.15, -0.1) is 11.3 Å². The molecule has 0 spiro atoms. The number of hydrogen-bond acceptors (Lipinski definition) is 5. The second-order valence-corrected chi connectivity index (χ2v) is 5.32. The van der Waals surface area contributed by atoms with Crippen LogP contribution in [0.4, 0.5) is 0 Å². The first-order valence-electron chi connectivity index (χ1n) is 6.00. The molecule has 0 aliphatic rings. The minimum Gasteiger partial charge on any atom is -0.468 e. The summed E-state index contributed by atoms with van der Waals surface area (Å²) in [7, 11) is 2.03. The van der Waals surface area contributed by atoms with E-state index in [2.05, 4.69) is 9.88 Å². The van der Waals surface area contributed by atoms with Crippen molar-refractivity contribution in [3.05, 3.63) is 53.6 Å². The van der Waals surface area contributed by atoms with Gasteiger partial charge < -0.3 is 8.83 Å². The zero-order valence-corrected chi connectivity index (χ0v) is 11.4. The van der Waals surface area contributed by atoms with Gasteiger partial charge in [-0.1, -0.05) is 6.07 Å². The number of furan rings is 1. The number of rotatable bonds is 5. The van der Waals surface area contributed by atoms with Gasteiger partial charge in [-0.3, -0.25) is 4.90 Å². The SMILES string of the molecule is CN(Cc1coc(-c2cccs2)n1)Cc1ccco1. The minimum absolute atomic E-state index is 0.691. The Kier molecular flexibility index (Phi) is 3.48. The molecule has 0 saturated carbocycles. The third-order valence-electron chi connectivity index (χ3n) is 2.72. The van der Waals surface area contributed by atoms with Crippen LogP contribution in [0.15, 0.2) is 51.0 Å². The van der Waals surface area contributed by atoms with E-state index in [0.717, 1.165) is 29.4 Å². The Balaban J connectivity index is 1.64. The lowest BCUT2D eigenvalue weighted by Gasteiger charge is -2.12. The van der Waals surface area contributed by atoms with Crippen molar-refractivity contribution in [2.75, 3.05) is 7.05 Å². The summed E-state index contributed by atoms with van der Waals surface area (Å²) in [6.45, 7) is 1.49. The number of aromatic nitrogens is 1. The monoisotopic (exact) mass is 274 g/mol. The van der Waals surface area contributed by atoms with E-state index in [4.69, 9.17) is 8.83 Å². The molecule has 3 heterocycles. The summed E-state index contributed by atoms with van der Waals surface area (Å²) in [5, 5.41) is 2.02. The molecule has 0 fully saturated rings. The van der Waals surface area contributed by atoms with Crippen LogP contribution in [0, 0.1) is 0 Å². The van der Waals surface area contributed by atoms with E-state index in [1.807, 2.05) is 36.7 Å². The molecule has 5 heteroatoms. The molecule has 0 unspecified atom stereocenters. The molecule has 0 aliphatic carbocycles. The fourth-order valence-electron chi connectivity index (χ4n) is 1.89. The predicted octanol–water partition coefficient (Wildman–Crippen LogP) is 3.63. The van der Waals surface area contributed by atoms with Crippen LogP contribution < -0.4 is 0 Å². The number of hydrogen-bond donors (Lipinski definition) is 0. The summed E-state index contributed by atoms with van der Waals surface area (Å²) in [5.41, 5.74) is 0.928. The molecule has 3 rings (SSSR count). The zero-order chi connectivity index (χ0) is 13.1. The van der Waals surface area contributed by atoms with Crippen LogP contribution in [0.2, 0.25) is 0 Å². The third-order valence-corrected chi connectivity index (χ3v) is 3.58. The highest BCUT2D eigenvalue weighted by molar-refractivity contribution is 7.13. The van der Waals surface area contributed by atoms with Crippen LogP contribution in [-0.4, -0.2) is 16.9 Å². The molecule has 19 heavy (non-hydrogen) atoms. The number of thiophene rings is 1. The van der Waals surface area contributed by atoms with E-state index in [-0.39, 0.29) is 0 Å². The molecule has 0 saturated heterocycles. The van der Waals surface area contributed by atoms with Crippen LogP contribution in [0.3, 0.4) is 0 Å². The molecule has 0 aliphatic heterocycles. The van der Waals surface area contributed by atoms with Crippen LogP contribution in [0.25, 0.3) is 10.8 Å². The van der Waals surface area contributed by atoms with Crippen LogP contribution in [-0.2, 0) is 13.1 Å². The zero-order valence-electron chi connectivity index (χ0n) is 10.6. The third kappa shape index (κ3) is 2.94. The van der Waals surface area contributed by atoms with Gasteiger partial charge in [0.2, 0.25) is 5.89 Å². The van der Waals surface area contributed by atoms with E-state index in [1.165, 1.54) is 0 Å². The Hall–Kier alpha value is -1.85. The molecule has 0 radical (unpaired) electrons. The maximum Gasteiger partial charge on any atom is 0.236 e. The van der Waals surface area contributed by atoms with Gasteiger partial charge in [-0.2, -0.15) is 0 Å². The lowest BCUT2D eigenvalue weighted by Crippen LogP contribution is -2.16. The first-order chi connectivity index (χ1) is 9.31. The Labute approximate surface area is 115 Å². The van der Waals surface area contributed by atoms with Gasteiger partial charge in [0.1, 0.15) is 12.0 Å². The number of oxazole rings is 1. The van der Waals surface area contributed by atoms with Gasteiger partial charge in [0.25, 0.3) is 0 Å². The molecule has 0 amide bonds. The molecule has 0 N–H and O–H groups in total. The van der Waals surface area contributed by atoms with Gasteiger partial charge >= 0.3 is 0 Å². The average Bonchev–Trinajstić information content (AvgIpc) is 3.09. The van der Waals surface area contributed by atoms with Crippen molar-refractivity contribution in [3.63, 3.8) is 0 Å².